The fourth-order valence-electron chi connectivity index (χ4n) is 4.96. The zero-order valence-corrected chi connectivity index (χ0v) is 18.7. The van der Waals surface area contributed by atoms with Crippen LogP contribution >= 0.6 is 0 Å². The lowest BCUT2D eigenvalue weighted by atomic mass is 10.0. The van der Waals surface area contributed by atoms with E-state index in [1.54, 1.807) is 18.2 Å². The number of alkyl halides is 3. The summed E-state index contributed by atoms with van der Waals surface area (Å²) in [6, 6.07) is 11.4. The minimum absolute atomic E-state index is 0.0628. The van der Waals surface area contributed by atoms with E-state index in [4.69, 9.17) is 4.74 Å². The van der Waals surface area contributed by atoms with Gasteiger partial charge in [-0.1, -0.05) is 24.3 Å². The fraction of sp³-hybridized carbons (Fsp3) is 0.360. The molecule has 5 rings (SSSR count). The van der Waals surface area contributed by atoms with Crippen molar-refractivity contribution in [1.29, 1.82) is 0 Å². The third-order valence-electron chi connectivity index (χ3n) is 6.69. The molecule has 0 spiro atoms. The van der Waals surface area contributed by atoms with Gasteiger partial charge in [0.25, 0.3) is 5.56 Å². The van der Waals surface area contributed by atoms with Gasteiger partial charge in [0.05, 0.1) is 18.7 Å². The molecule has 35 heavy (non-hydrogen) atoms. The second-order valence-electron chi connectivity index (χ2n) is 8.92. The monoisotopic (exact) mass is 487 g/mol. The number of anilines is 1. The smallest absolute Gasteiger partial charge is 0.417 e. The maximum absolute atomic E-state index is 13.5. The largest absolute Gasteiger partial charge is 0.443 e. The predicted molar refractivity (Wildman–Crippen MR) is 124 cm³/mol. The molecular formula is C25H24F3N3O4. The van der Waals surface area contributed by atoms with Crippen LogP contribution in [0, 0.1) is 0 Å². The zero-order valence-electron chi connectivity index (χ0n) is 18.7. The van der Waals surface area contributed by atoms with Gasteiger partial charge < -0.3 is 14.8 Å². The Morgan fingerprint density at radius 2 is 1.91 bits per heavy atom. The number of halogens is 3. The van der Waals surface area contributed by atoms with E-state index < -0.39 is 23.4 Å². The van der Waals surface area contributed by atoms with E-state index in [1.165, 1.54) is 29.2 Å². The number of pyridine rings is 1. The molecule has 2 aromatic carbocycles. The average Bonchev–Trinajstić information content (AvgIpc) is 3.44. The number of H-pyrrole nitrogens is 1. The number of carbonyl (C=O) groups excluding carboxylic acids is 1. The molecule has 2 aliphatic heterocycles. The fourth-order valence-corrected chi connectivity index (χ4v) is 4.96. The van der Waals surface area contributed by atoms with Gasteiger partial charge in [-0.15, -0.1) is 0 Å². The molecule has 10 heteroatoms. The summed E-state index contributed by atoms with van der Waals surface area (Å²) >= 11 is 0. The van der Waals surface area contributed by atoms with E-state index in [2.05, 4.69) is 9.88 Å². The van der Waals surface area contributed by atoms with E-state index >= 15 is 0 Å². The summed E-state index contributed by atoms with van der Waals surface area (Å²) in [6.07, 6.45) is -3.57. The van der Waals surface area contributed by atoms with Gasteiger partial charge in [-0.3, -0.25) is 14.6 Å². The minimum atomic E-state index is -4.56. The second-order valence-corrected chi connectivity index (χ2v) is 8.92. The first kappa shape index (κ1) is 23.4. The van der Waals surface area contributed by atoms with Gasteiger partial charge >= 0.3 is 12.3 Å². The van der Waals surface area contributed by atoms with Crippen LogP contribution in [-0.4, -0.2) is 59.5 Å². The zero-order chi connectivity index (χ0) is 24.7. The number of nitrogens with zero attached hydrogens (tertiary/aromatic N) is 2. The Labute approximate surface area is 198 Å². The number of cyclic esters (lactones) is 1. The SMILES string of the molecule is O=C1O[C@@H](CN2CCC[C@@H]2CO)CN1c1ccc2cc(-c3ccccc3C(F)(F)F)[nH]c(=O)c2c1. The number of aliphatic hydroxyl groups excluding tert-OH is 1. The molecule has 1 amide bonds. The number of hydrogen-bond donors (Lipinski definition) is 2. The summed E-state index contributed by atoms with van der Waals surface area (Å²) in [4.78, 5) is 31.5. The van der Waals surface area contributed by atoms with Crippen molar-refractivity contribution in [3.05, 3.63) is 64.4 Å². The van der Waals surface area contributed by atoms with Crippen molar-refractivity contribution in [1.82, 2.24) is 9.88 Å². The lowest BCUT2D eigenvalue weighted by molar-refractivity contribution is -0.137. The van der Waals surface area contributed by atoms with Crippen molar-refractivity contribution in [2.45, 2.75) is 31.2 Å². The van der Waals surface area contributed by atoms with Gasteiger partial charge in [0.15, 0.2) is 0 Å². The molecule has 184 valence electrons. The Bertz CT molecular complexity index is 1320. The number of likely N-dealkylation sites (tertiary alicyclic amines) is 1. The molecule has 2 saturated heterocycles. The molecule has 0 saturated carbocycles. The third-order valence-corrected chi connectivity index (χ3v) is 6.69. The quantitative estimate of drug-likeness (QED) is 0.569. The molecule has 0 bridgehead atoms. The van der Waals surface area contributed by atoms with Crippen LogP contribution in [0.1, 0.15) is 18.4 Å². The Balaban J connectivity index is 1.42. The topological polar surface area (TPSA) is 85.9 Å². The van der Waals surface area contributed by atoms with Crippen LogP contribution in [0.25, 0.3) is 22.0 Å². The standard InChI is InChI=1S/C25H24F3N3O4/c26-25(27,28)21-6-2-1-5-19(21)22-10-15-7-8-16(11-20(15)23(33)29-22)31-13-18(35-24(31)34)12-30-9-3-4-17(30)14-32/h1-2,5-8,10-11,17-18,32H,3-4,9,12-14H2,(H,29,33)/t17-,18+/m1/s1. The van der Waals surface area contributed by atoms with E-state index in [0.717, 1.165) is 25.5 Å². The second kappa shape index (κ2) is 9.01. The summed E-state index contributed by atoms with van der Waals surface area (Å²) in [5, 5.41) is 10.2. The summed E-state index contributed by atoms with van der Waals surface area (Å²) in [7, 11) is 0. The number of nitrogens with one attached hydrogen (secondary N) is 1. The molecule has 2 N–H and O–H groups in total. The van der Waals surface area contributed by atoms with Crippen molar-refractivity contribution in [3.8, 4) is 11.3 Å². The Morgan fingerprint density at radius 3 is 2.69 bits per heavy atom. The van der Waals surface area contributed by atoms with Crippen LogP contribution in [0.15, 0.2) is 53.3 Å². The highest BCUT2D eigenvalue weighted by Gasteiger charge is 2.36. The molecule has 7 nitrogen and oxygen atoms in total. The van der Waals surface area contributed by atoms with Crippen molar-refractivity contribution < 1.29 is 27.8 Å². The highest BCUT2D eigenvalue weighted by molar-refractivity contribution is 5.94. The average molecular weight is 487 g/mol. The van der Waals surface area contributed by atoms with Gasteiger partial charge in [0.1, 0.15) is 6.10 Å². The number of rotatable bonds is 5. The summed E-state index contributed by atoms with van der Waals surface area (Å²) in [5.41, 5.74) is -0.966. The number of aliphatic hydroxyl groups is 1. The molecule has 0 aliphatic carbocycles. The van der Waals surface area contributed by atoms with Crippen LogP contribution < -0.4 is 10.5 Å². The highest BCUT2D eigenvalue weighted by Crippen LogP contribution is 2.37. The predicted octanol–water partition coefficient (Wildman–Crippen LogP) is 4.00. The number of benzene rings is 2. The van der Waals surface area contributed by atoms with E-state index in [9.17, 15) is 27.9 Å². The molecule has 2 aliphatic rings. The number of amides is 1. The van der Waals surface area contributed by atoms with Crippen LogP contribution in [-0.2, 0) is 10.9 Å². The number of ether oxygens (including phenoxy) is 1. The number of aromatic amines is 1. The highest BCUT2D eigenvalue weighted by atomic mass is 19.4. The molecule has 0 unspecified atom stereocenters. The van der Waals surface area contributed by atoms with Crippen molar-refractivity contribution >= 4 is 22.6 Å². The van der Waals surface area contributed by atoms with Gasteiger partial charge in [0.2, 0.25) is 0 Å². The molecule has 3 aromatic rings. The van der Waals surface area contributed by atoms with Crippen LogP contribution in [0.4, 0.5) is 23.7 Å². The van der Waals surface area contributed by atoms with Crippen molar-refractivity contribution in [2.24, 2.45) is 0 Å². The van der Waals surface area contributed by atoms with Gasteiger partial charge in [-0.2, -0.15) is 13.2 Å². The van der Waals surface area contributed by atoms with Crippen molar-refractivity contribution in [2.75, 3.05) is 31.1 Å². The Kier molecular flexibility index (Phi) is 6.02. The molecule has 2 fully saturated rings. The molecule has 1 aromatic heterocycles. The number of hydrogen-bond acceptors (Lipinski definition) is 5. The van der Waals surface area contributed by atoms with E-state index in [0.29, 0.717) is 24.2 Å². The van der Waals surface area contributed by atoms with Gasteiger partial charge in [0, 0.05) is 34.9 Å². The number of carbonyl (C=O) groups is 1. The van der Waals surface area contributed by atoms with Crippen LogP contribution in [0.2, 0.25) is 0 Å². The Hall–Kier alpha value is -3.37. The maximum Gasteiger partial charge on any atom is 0.417 e. The normalized spacial score (nSPS) is 21.1. The lowest BCUT2D eigenvalue weighted by Gasteiger charge is -2.24. The molecule has 0 radical (unpaired) electrons. The van der Waals surface area contributed by atoms with Gasteiger partial charge in [-0.25, -0.2) is 4.79 Å². The molecular weight excluding hydrogens is 463 g/mol. The first-order chi connectivity index (χ1) is 16.7. The van der Waals surface area contributed by atoms with Crippen LogP contribution in [0.5, 0.6) is 0 Å². The van der Waals surface area contributed by atoms with Gasteiger partial charge in [-0.05, 0) is 49.0 Å². The number of fused-ring (bicyclic) bond motifs is 1. The minimum Gasteiger partial charge on any atom is -0.443 e. The molecule has 3 heterocycles. The first-order valence-corrected chi connectivity index (χ1v) is 11.4. The summed E-state index contributed by atoms with van der Waals surface area (Å²) in [6.45, 7) is 1.72. The van der Waals surface area contributed by atoms with Crippen LogP contribution in [0.3, 0.4) is 0 Å². The molecule has 2 atom stereocenters. The summed E-state index contributed by atoms with van der Waals surface area (Å²) in [5.74, 6) is 0. The maximum atomic E-state index is 13.5. The first-order valence-electron chi connectivity index (χ1n) is 11.4. The summed E-state index contributed by atoms with van der Waals surface area (Å²) < 4.78 is 45.9. The number of aromatic nitrogens is 1. The lowest BCUT2D eigenvalue weighted by Crippen LogP contribution is -2.39. The van der Waals surface area contributed by atoms with E-state index in [-0.39, 0.29) is 35.4 Å². The van der Waals surface area contributed by atoms with E-state index in [1.807, 2.05) is 0 Å². The Morgan fingerprint density at radius 1 is 1.11 bits per heavy atom. The van der Waals surface area contributed by atoms with Crippen molar-refractivity contribution in [3.63, 3.8) is 0 Å². The third kappa shape index (κ3) is 4.51.